The normalized spacial score (nSPS) is 21.4. The number of piperidine rings is 1. The zero-order chi connectivity index (χ0) is 24.1. The van der Waals surface area contributed by atoms with Crippen LogP contribution >= 0.6 is 0 Å². The third kappa shape index (κ3) is 6.39. The van der Waals surface area contributed by atoms with Gasteiger partial charge < -0.3 is 10.2 Å². The van der Waals surface area contributed by atoms with Crippen LogP contribution in [-0.4, -0.2) is 63.2 Å². The zero-order valence-corrected chi connectivity index (χ0v) is 19.7. The molecule has 1 aliphatic carbocycles. The molecule has 2 atom stereocenters. The van der Waals surface area contributed by atoms with Crippen LogP contribution in [0.4, 0.5) is 4.39 Å². The summed E-state index contributed by atoms with van der Waals surface area (Å²) in [6, 6.07) is 12.6. The van der Waals surface area contributed by atoms with Gasteiger partial charge in [0.1, 0.15) is 5.82 Å². The van der Waals surface area contributed by atoms with Gasteiger partial charge >= 0.3 is 0 Å². The van der Waals surface area contributed by atoms with Crippen LogP contribution in [0, 0.1) is 11.7 Å². The Bertz CT molecular complexity index is 1070. The number of benzene rings is 2. The molecule has 2 aromatic carbocycles. The van der Waals surface area contributed by atoms with Crippen LogP contribution in [0.3, 0.4) is 0 Å². The van der Waals surface area contributed by atoms with Gasteiger partial charge in [-0.05, 0) is 86.8 Å². The highest BCUT2D eigenvalue weighted by Crippen LogP contribution is 2.40. The quantitative estimate of drug-likeness (QED) is 0.300. The number of carbonyl (C=O) groups excluding carboxylic acids is 1. The first-order valence-corrected chi connectivity index (χ1v) is 13.1. The first-order chi connectivity index (χ1) is 16.4. The maximum atomic E-state index is 13.1. The Morgan fingerprint density at radius 1 is 1.06 bits per heavy atom. The van der Waals surface area contributed by atoms with Crippen molar-refractivity contribution < 1.29 is 22.8 Å². The van der Waals surface area contributed by atoms with Crippen molar-refractivity contribution in [2.45, 2.75) is 36.1 Å². The van der Waals surface area contributed by atoms with E-state index in [2.05, 4.69) is 14.9 Å². The third-order valence-corrected chi connectivity index (χ3v) is 8.19. The summed E-state index contributed by atoms with van der Waals surface area (Å²) in [5.74, 6) is 0.200. The average Bonchev–Trinajstić information content (AvgIpc) is 3.63. The van der Waals surface area contributed by atoms with Crippen LogP contribution in [-0.2, 0) is 10.0 Å². The standard InChI is InChI=1S/C24H31FN4O4S/c25-20-5-1-18(2-6-20)22-15-23(22)26-16-17-9-12-29(13-10-17)14-11-27-34(32,33)21-7-3-19(4-8-21)24(30)28-31/h1-8,17,22-23,26-27,31H,9-16H2,(H,28,30). The molecule has 0 spiro atoms. The fourth-order valence-corrected chi connectivity index (χ4v) is 5.52. The van der Waals surface area contributed by atoms with E-state index in [1.54, 1.807) is 0 Å². The second kappa shape index (κ2) is 10.9. The van der Waals surface area contributed by atoms with Crippen LogP contribution in [0.1, 0.15) is 41.1 Å². The third-order valence-electron chi connectivity index (χ3n) is 6.71. The highest BCUT2D eigenvalue weighted by atomic mass is 32.2. The van der Waals surface area contributed by atoms with E-state index >= 15 is 0 Å². The molecular weight excluding hydrogens is 459 g/mol. The molecule has 1 saturated carbocycles. The molecule has 0 bridgehead atoms. The molecule has 2 unspecified atom stereocenters. The van der Waals surface area contributed by atoms with Crippen molar-refractivity contribution in [3.63, 3.8) is 0 Å². The number of likely N-dealkylation sites (tertiary alicyclic amines) is 1. The molecule has 2 aliphatic rings. The highest BCUT2D eigenvalue weighted by molar-refractivity contribution is 7.89. The fraction of sp³-hybridized carbons (Fsp3) is 0.458. The van der Waals surface area contributed by atoms with Crippen molar-refractivity contribution in [1.82, 2.24) is 20.4 Å². The van der Waals surface area contributed by atoms with E-state index in [0.29, 0.717) is 31.0 Å². The van der Waals surface area contributed by atoms with Crippen molar-refractivity contribution in [3.8, 4) is 0 Å². The second-order valence-corrected chi connectivity index (χ2v) is 10.8. The lowest BCUT2D eigenvalue weighted by Gasteiger charge is -2.32. The predicted octanol–water partition coefficient (Wildman–Crippen LogP) is 2.08. The van der Waals surface area contributed by atoms with Gasteiger partial charge in [0.15, 0.2) is 0 Å². The molecule has 1 heterocycles. The largest absolute Gasteiger partial charge is 0.313 e. The summed E-state index contributed by atoms with van der Waals surface area (Å²) >= 11 is 0. The molecule has 4 N–H and O–H groups in total. The molecule has 10 heteroatoms. The molecule has 2 fully saturated rings. The summed E-state index contributed by atoms with van der Waals surface area (Å²) in [4.78, 5) is 13.7. The number of nitrogens with zero attached hydrogens (tertiary/aromatic N) is 1. The van der Waals surface area contributed by atoms with Gasteiger partial charge in [0, 0.05) is 30.6 Å². The van der Waals surface area contributed by atoms with E-state index in [4.69, 9.17) is 5.21 Å². The summed E-state index contributed by atoms with van der Waals surface area (Å²) in [7, 11) is -3.66. The number of hydrogen-bond donors (Lipinski definition) is 4. The summed E-state index contributed by atoms with van der Waals surface area (Å²) in [5.41, 5.74) is 2.88. The number of hydrogen-bond acceptors (Lipinski definition) is 6. The van der Waals surface area contributed by atoms with E-state index in [1.165, 1.54) is 47.4 Å². The van der Waals surface area contributed by atoms with E-state index in [0.717, 1.165) is 38.9 Å². The van der Waals surface area contributed by atoms with E-state index in [9.17, 15) is 17.6 Å². The van der Waals surface area contributed by atoms with Crippen molar-refractivity contribution in [2.75, 3.05) is 32.7 Å². The number of amides is 1. The van der Waals surface area contributed by atoms with Crippen LogP contribution < -0.4 is 15.5 Å². The van der Waals surface area contributed by atoms with Gasteiger partial charge in [-0.2, -0.15) is 0 Å². The van der Waals surface area contributed by atoms with Crippen molar-refractivity contribution in [1.29, 1.82) is 0 Å². The molecule has 0 radical (unpaired) electrons. The summed E-state index contributed by atoms with van der Waals surface area (Å²) < 4.78 is 40.6. The molecule has 34 heavy (non-hydrogen) atoms. The van der Waals surface area contributed by atoms with E-state index < -0.39 is 15.9 Å². The lowest BCUT2D eigenvalue weighted by atomic mass is 9.96. The van der Waals surface area contributed by atoms with Gasteiger partial charge in [-0.25, -0.2) is 23.0 Å². The highest BCUT2D eigenvalue weighted by Gasteiger charge is 2.38. The Morgan fingerprint density at radius 3 is 2.38 bits per heavy atom. The fourth-order valence-electron chi connectivity index (χ4n) is 4.50. The van der Waals surface area contributed by atoms with Crippen LogP contribution in [0.2, 0.25) is 0 Å². The number of sulfonamides is 1. The molecule has 8 nitrogen and oxygen atoms in total. The number of rotatable bonds is 10. The topological polar surface area (TPSA) is 111 Å². The van der Waals surface area contributed by atoms with Gasteiger partial charge in [0.05, 0.1) is 4.90 Å². The predicted molar refractivity (Wildman–Crippen MR) is 126 cm³/mol. The Balaban J connectivity index is 1.13. The van der Waals surface area contributed by atoms with Crippen LogP contribution in [0.5, 0.6) is 0 Å². The summed E-state index contributed by atoms with van der Waals surface area (Å²) in [5, 5.41) is 12.3. The molecular formula is C24H31FN4O4S. The average molecular weight is 491 g/mol. The Kier molecular flexibility index (Phi) is 7.95. The smallest absolute Gasteiger partial charge is 0.274 e. The number of carbonyl (C=O) groups is 1. The van der Waals surface area contributed by atoms with Crippen molar-refractivity contribution in [2.24, 2.45) is 5.92 Å². The lowest BCUT2D eigenvalue weighted by molar-refractivity contribution is 0.0706. The minimum absolute atomic E-state index is 0.0748. The van der Waals surface area contributed by atoms with Gasteiger partial charge in [0.25, 0.3) is 5.91 Å². The molecule has 184 valence electrons. The van der Waals surface area contributed by atoms with E-state index in [-0.39, 0.29) is 16.3 Å². The molecule has 1 aliphatic heterocycles. The summed E-state index contributed by atoms with van der Waals surface area (Å²) in [6.07, 6.45) is 3.24. The minimum atomic E-state index is -3.66. The molecule has 0 aromatic heterocycles. The Morgan fingerprint density at radius 2 is 1.74 bits per heavy atom. The van der Waals surface area contributed by atoms with Crippen LogP contribution in [0.25, 0.3) is 0 Å². The number of halogens is 1. The molecule has 4 rings (SSSR count). The van der Waals surface area contributed by atoms with Crippen molar-refractivity contribution >= 4 is 15.9 Å². The molecule has 2 aromatic rings. The minimum Gasteiger partial charge on any atom is -0.313 e. The first-order valence-electron chi connectivity index (χ1n) is 11.6. The lowest BCUT2D eigenvalue weighted by Crippen LogP contribution is -2.41. The number of hydroxylamine groups is 1. The maximum Gasteiger partial charge on any atom is 0.274 e. The van der Waals surface area contributed by atoms with Gasteiger partial charge in [-0.1, -0.05) is 12.1 Å². The monoisotopic (exact) mass is 490 g/mol. The zero-order valence-electron chi connectivity index (χ0n) is 18.9. The molecule has 1 saturated heterocycles. The summed E-state index contributed by atoms with van der Waals surface area (Å²) in [6.45, 7) is 3.80. The number of nitrogens with one attached hydrogen (secondary N) is 3. The van der Waals surface area contributed by atoms with E-state index in [1.807, 2.05) is 12.1 Å². The maximum absolute atomic E-state index is 13.1. The van der Waals surface area contributed by atoms with Gasteiger partial charge in [-0.3, -0.25) is 10.0 Å². The van der Waals surface area contributed by atoms with Crippen LogP contribution in [0.15, 0.2) is 53.4 Å². The molecule has 1 amide bonds. The SMILES string of the molecule is O=C(NO)c1ccc(S(=O)(=O)NCCN2CCC(CNC3CC3c3ccc(F)cc3)CC2)cc1. The Hall–Kier alpha value is -2.37. The van der Waals surface area contributed by atoms with Crippen molar-refractivity contribution in [3.05, 3.63) is 65.5 Å². The van der Waals surface area contributed by atoms with Gasteiger partial charge in [0.2, 0.25) is 10.0 Å². The second-order valence-electron chi connectivity index (χ2n) is 9.06. The Labute approximate surface area is 199 Å². The van der Waals surface area contributed by atoms with Gasteiger partial charge in [-0.15, -0.1) is 0 Å². The first kappa shape index (κ1) is 24.7.